The van der Waals surface area contributed by atoms with Crippen LogP contribution in [-0.2, 0) is 11.3 Å². The zero-order chi connectivity index (χ0) is 23.1. The lowest BCUT2D eigenvalue weighted by Crippen LogP contribution is -2.20. The zero-order valence-electron chi connectivity index (χ0n) is 17.7. The van der Waals surface area contributed by atoms with Gasteiger partial charge in [0, 0.05) is 17.9 Å². The average molecular weight is 538 g/mol. The number of nitrogens with one attached hydrogen (secondary N) is 2. The maximum Gasteiger partial charge on any atom is 0.262 e. The summed E-state index contributed by atoms with van der Waals surface area (Å²) in [6.45, 7) is 4.73. The summed E-state index contributed by atoms with van der Waals surface area (Å²) in [6, 6.07) is 16.7. The van der Waals surface area contributed by atoms with E-state index in [1.54, 1.807) is 12.1 Å². The Kier molecular flexibility index (Phi) is 8.67. The number of rotatable bonds is 9. The van der Waals surface area contributed by atoms with E-state index in [2.05, 4.69) is 26.6 Å². The number of hydrogen-bond donors (Lipinski definition) is 2. The molecule has 0 spiro atoms. The first-order valence-corrected chi connectivity index (χ1v) is 11.5. The lowest BCUT2D eigenvalue weighted by molar-refractivity contribution is -0.118. The second-order valence-electron chi connectivity index (χ2n) is 7.02. The maximum atomic E-state index is 12.3. The minimum absolute atomic E-state index is 0.145. The average Bonchev–Trinajstić information content (AvgIpc) is 2.76. The Morgan fingerprint density at radius 3 is 2.38 bits per heavy atom. The second kappa shape index (κ2) is 11.5. The largest absolute Gasteiger partial charge is 0.490 e. The van der Waals surface area contributed by atoms with Crippen molar-refractivity contribution >= 4 is 56.4 Å². The Morgan fingerprint density at radius 2 is 1.69 bits per heavy atom. The SMILES string of the molecule is CCOc1cc(CNc2ccc(Cl)c(Cl)c2)cc(Br)c1OCC(=O)Nc1ccc(C)cc1. The van der Waals surface area contributed by atoms with Gasteiger partial charge in [0.15, 0.2) is 18.1 Å². The van der Waals surface area contributed by atoms with Gasteiger partial charge in [-0.25, -0.2) is 0 Å². The van der Waals surface area contributed by atoms with Gasteiger partial charge in [-0.2, -0.15) is 0 Å². The molecule has 168 valence electrons. The fraction of sp³-hybridized carbons (Fsp3) is 0.208. The molecule has 0 aliphatic carbocycles. The molecule has 5 nitrogen and oxygen atoms in total. The molecule has 0 bridgehead atoms. The van der Waals surface area contributed by atoms with Crippen molar-refractivity contribution < 1.29 is 14.3 Å². The van der Waals surface area contributed by atoms with Gasteiger partial charge in [0.25, 0.3) is 5.91 Å². The molecule has 0 radical (unpaired) electrons. The Hall–Kier alpha value is -2.41. The molecule has 0 atom stereocenters. The van der Waals surface area contributed by atoms with E-state index in [4.69, 9.17) is 32.7 Å². The molecule has 0 unspecified atom stereocenters. The first-order valence-electron chi connectivity index (χ1n) is 9.99. The Bertz CT molecular complexity index is 1090. The van der Waals surface area contributed by atoms with E-state index in [1.165, 1.54) is 0 Å². The first-order chi connectivity index (χ1) is 15.4. The Labute approximate surface area is 206 Å². The summed E-state index contributed by atoms with van der Waals surface area (Å²) in [5, 5.41) is 7.11. The molecule has 1 amide bonds. The van der Waals surface area contributed by atoms with Gasteiger partial charge in [0.05, 0.1) is 21.1 Å². The van der Waals surface area contributed by atoms with Crippen LogP contribution in [0.3, 0.4) is 0 Å². The van der Waals surface area contributed by atoms with E-state index in [0.717, 1.165) is 22.5 Å². The van der Waals surface area contributed by atoms with Crippen molar-refractivity contribution in [2.24, 2.45) is 0 Å². The fourth-order valence-electron chi connectivity index (χ4n) is 2.91. The molecule has 0 aliphatic heterocycles. The van der Waals surface area contributed by atoms with Crippen LogP contribution in [0, 0.1) is 6.92 Å². The van der Waals surface area contributed by atoms with E-state index in [0.29, 0.717) is 39.2 Å². The van der Waals surface area contributed by atoms with E-state index in [-0.39, 0.29) is 12.5 Å². The lowest BCUT2D eigenvalue weighted by Gasteiger charge is -2.16. The van der Waals surface area contributed by atoms with Crippen molar-refractivity contribution in [3.63, 3.8) is 0 Å². The van der Waals surface area contributed by atoms with Crippen molar-refractivity contribution in [1.82, 2.24) is 0 Å². The highest BCUT2D eigenvalue weighted by Gasteiger charge is 2.14. The molecule has 0 aromatic heterocycles. The summed E-state index contributed by atoms with van der Waals surface area (Å²) in [7, 11) is 0. The van der Waals surface area contributed by atoms with Crippen LogP contribution in [0.4, 0.5) is 11.4 Å². The third-order valence-corrected chi connectivity index (χ3v) is 5.80. The predicted molar refractivity (Wildman–Crippen MR) is 134 cm³/mol. The molecule has 32 heavy (non-hydrogen) atoms. The van der Waals surface area contributed by atoms with Crippen LogP contribution in [0.15, 0.2) is 59.1 Å². The summed E-state index contributed by atoms with van der Waals surface area (Å²) >= 11 is 15.6. The van der Waals surface area contributed by atoms with Gasteiger partial charge < -0.3 is 20.1 Å². The van der Waals surface area contributed by atoms with E-state index in [1.807, 2.05) is 56.3 Å². The fourth-order valence-corrected chi connectivity index (χ4v) is 3.81. The van der Waals surface area contributed by atoms with Gasteiger partial charge in [-0.15, -0.1) is 0 Å². The van der Waals surface area contributed by atoms with Gasteiger partial charge in [0.2, 0.25) is 0 Å². The highest BCUT2D eigenvalue weighted by Crippen LogP contribution is 2.37. The number of anilines is 2. The number of halogens is 3. The molecule has 0 heterocycles. The smallest absolute Gasteiger partial charge is 0.262 e. The summed E-state index contributed by atoms with van der Waals surface area (Å²) in [5.41, 5.74) is 3.65. The maximum absolute atomic E-state index is 12.3. The predicted octanol–water partition coefficient (Wildman–Crippen LogP) is 7.09. The molecule has 8 heteroatoms. The van der Waals surface area contributed by atoms with Gasteiger partial charge in [-0.05, 0) is 77.8 Å². The quantitative estimate of drug-likeness (QED) is 0.306. The molecule has 0 saturated heterocycles. The minimum Gasteiger partial charge on any atom is -0.490 e. The van der Waals surface area contributed by atoms with Gasteiger partial charge >= 0.3 is 0 Å². The van der Waals surface area contributed by atoms with Crippen LogP contribution in [0.25, 0.3) is 0 Å². The monoisotopic (exact) mass is 536 g/mol. The second-order valence-corrected chi connectivity index (χ2v) is 8.69. The minimum atomic E-state index is -0.256. The summed E-state index contributed by atoms with van der Waals surface area (Å²) in [6.07, 6.45) is 0. The summed E-state index contributed by atoms with van der Waals surface area (Å²) in [5.74, 6) is 0.772. The highest BCUT2D eigenvalue weighted by atomic mass is 79.9. The van der Waals surface area contributed by atoms with Crippen molar-refractivity contribution in [3.8, 4) is 11.5 Å². The van der Waals surface area contributed by atoms with Crippen molar-refractivity contribution in [2.45, 2.75) is 20.4 Å². The number of aryl methyl sites for hydroxylation is 1. The van der Waals surface area contributed by atoms with Crippen LogP contribution >= 0.6 is 39.1 Å². The molecule has 3 rings (SSSR count). The Balaban J connectivity index is 1.66. The van der Waals surface area contributed by atoms with Crippen molar-refractivity contribution in [2.75, 3.05) is 23.8 Å². The molecule has 2 N–H and O–H groups in total. The van der Waals surface area contributed by atoms with Crippen molar-refractivity contribution in [3.05, 3.63) is 80.2 Å². The van der Waals surface area contributed by atoms with E-state index < -0.39 is 0 Å². The number of carbonyl (C=O) groups excluding carboxylic acids is 1. The number of benzene rings is 3. The zero-order valence-corrected chi connectivity index (χ0v) is 20.8. The first kappa shape index (κ1) is 24.2. The summed E-state index contributed by atoms with van der Waals surface area (Å²) < 4.78 is 12.2. The Morgan fingerprint density at radius 1 is 0.969 bits per heavy atom. The van der Waals surface area contributed by atoms with Gasteiger partial charge in [-0.1, -0.05) is 40.9 Å². The van der Waals surface area contributed by atoms with Crippen LogP contribution < -0.4 is 20.1 Å². The topological polar surface area (TPSA) is 59.6 Å². The van der Waals surface area contributed by atoms with Gasteiger partial charge in [0.1, 0.15) is 0 Å². The number of carbonyl (C=O) groups is 1. The van der Waals surface area contributed by atoms with Crippen molar-refractivity contribution in [1.29, 1.82) is 0 Å². The molecule has 3 aromatic rings. The van der Waals surface area contributed by atoms with E-state index in [9.17, 15) is 4.79 Å². The summed E-state index contributed by atoms with van der Waals surface area (Å²) in [4.78, 5) is 12.3. The van der Waals surface area contributed by atoms with Crippen LogP contribution in [0.2, 0.25) is 10.0 Å². The van der Waals surface area contributed by atoms with Crippen LogP contribution in [0.1, 0.15) is 18.1 Å². The number of ether oxygens (including phenoxy) is 2. The standard InChI is InChI=1S/C24H23BrCl2N2O3/c1-3-31-22-11-16(13-28-18-8-9-20(26)21(27)12-18)10-19(25)24(22)32-14-23(30)29-17-6-4-15(2)5-7-17/h4-12,28H,3,13-14H2,1-2H3,(H,29,30). The lowest BCUT2D eigenvalue weighted by atomic mass is 10.2. The number of hydrogen-bond acceptors (Lipinski definition) is 4. The normalized spacial score (nSPS) is 10.5. The molecule has 3 aromatic carbocycles. The molecular formula is C24H23BrCl2N2O3. The third kappa shape index (κ3) is 6.79. The third-order valence-electron chi connectivity index (χ3n) is 4.47. The van der Waals surface area contributed by atoms with E-state index >= 15 is 0 Å². The van der Waals surface area contributed by atoms with Crippen LogP contribution in [0.5, 0.6) is 11.5 Å². The molecule has 0 saturated carbocycles. The molecule has 0 aliphatic rings. The number of amides is 1. The highest BCUT2D eigenvalue weighted by molar-refractivity contribution is 9.10. The van der Waals surface area contributed by atoms with Gasteiger partial charge in [-0.3, -0.25) is 4.79 Å². The van der Waals surface area contributed by atoms with Crippen LogP contribution in [-0.4, -0.2) is 19.1 Å². The molecular weight excluding hydrogens is 515 g/mol. The molecule has 0 fully saturated rings.